The largest absolute Gasteiger partial charge is 0.399 e. The van der Waals surface area contributed by atoms with E-state index in [1.807, 2.05) is 0 Å². The Balaban J connectivity index is 2.30. The fraction of sp³-hybridized carbons (Fsp3) is 0.0833. The Bertz CT molecular complexity index is 699. The van der Waals surface area contributed by atoms with Crippen LogP contribution in [0.3, 0.4) is 0 Å². The molecule has 0 spiro atoms. The maximum atomic E-state index is 12.1. The van der Waals surface area contributed by atoms with Crippen LogP contribution >= 0.6 is 11.6 Å². The first-order chi connectivity index (χ1) is 8.88. The molecule has 1 aromatic heterocycles. The van der Waals surface area contributed by atoms with E-state index >= 15 is 0 Å². The van der Waals surface area contributed by atoms with Gasteiger partial charge in [0.1, 0.15) is 5.15 Å². The van der Waals surface area contributed by atoms with Gasteiger partial charge < -0.3 is 5.73 Å². The maximum Gasteiger partial charge on any atom is 0.261 e. The standard InChI is InChI=1S/C12H12ClN3O2S/c1-8-6-10(7-15-12(8)13)16-19(17,18)11-4-2-9(14)3-5-11/h2-7,16H,14H2,1H3. The first kappa shape index (κ1) is 13.6. The average Bonchev–Trinajstić information content (AvgIpc) is 2.34. The number of nitrogen functional groups attached to an aromatic ring is 1. The lowest BCUT2D eigenvalue weighted by molar-refractivity contribution is 0.601. The van der Waals surface area contributed by atoms with Crippen LogP contribution in [0.15, 0.2) is 41.4 Å². The number of hydrogen-bond donors (Lipinski definition) is 2. The van der Waals surface area contributed by atoms with Gasteiger partial charge in [-0.25, -0.2) is 13.4 Å². The minimum absolute atomic E-state index is 0.134. The van der Waals surface area contributed by atoms with E-state index < -0.39 is 10.0 Å². The summed E-state index contributed by atoms with van der Waals surface area (Å²) >= 11 is 5.78. The fourth-order valence-electron chi connectivity index (χ4n) is 1.47. The molecule has 2 rings (SSSR count). The van der Waals surface area contributed by atoms with Gasteiger partial charge in [-0.15, -0.1) is 0 Å². The van der Waals surface area contributed by atoms with Gasteiger partial charge in [0.05, 0.1) is 16.8 Å². The SMILES string of the molecule is Cc1cc(NS(=O)(=O)c2ccc(N)cc2)cnc1Cl. The number of nitrogens with two attached hydrogens (primary N) is 1. The number of nitrogens with zero attached hydrogens (tertiary/aromatic N) is 1. The maximum absolute atomic E-state index is 12.1. The van der Waals surface area contributed by atoms with E-state index in [2.05, 4.69) is 9.71 Å². The van der Waals surface area contributed by atoms with Gasteiger partial charge in [-0.05, 0) is 42.8 Å². The summed E-state index contributed by atoms with van der Waals surface area (Å²) in [6.07, 6.45) is 1.37. The van der Waals surface area contributed by atoms with Crippen molar-refractivity contribution in [3.05, 3.63) is 47.2 Å². The van der Waals surface area contributed by atoms with Gasteiger partial charge in [0, 0.05) is 5.69 Å². The van der Waals surface area contributed by atoms with Crippen LogP contribution in [0.2, 0.25) is 5.15 Å². The van der Waals surface area contributed by atoms with Gasteiger partial charge in [0.25, 0.3) is 10.0 Å². The van der Waals surface area contributed by atoms with Crippen LogP contribution in [0, 0.1) is 6.92 Å². The summed E-state index contributed by atoms with van der Waals surface area (Å²) in [6.45, 7) is 1.75. The van der Waals surface area contributed by atoms with Gasteiger partial charge in [0.15, 0.2) is 0 Å². The minimum Gasteiger partial charge on any atom is -0.399 e. The molecule has 100 valence electrons. The van der Waals surface area contributed by atoms with E-state index in [0.29, 0.717) is 22.1 Å². The van der Waals surface area contributed by atoms with Gasteiger partial charge in [-0.2, -0.15) is 0 Å². The van der Waals surface area contributed by atoms with Crippen LogP contribution in [0.1, 0.15) is 5.56 Å². The van der Waals surface area contributed by atoms with E-state index in [1.54, 1.807) is 13.0 Å². The third kappa shape index (κ3) is 3.15. The minimum atomic E-state index is -3.65. The summed E-state index contributed by atoms with van der Waals surface area (Å²) in [5.41, 5.74) is 7.08. The highest BCUT2D eigenvalue weighted by Crippen LogP contribution is 2.20. The summed E-state index contributed by atoms with van der Waals surface area (Å²) < 4.78 is 26.6. The van der Waals surface area contributed by atoms with Crippen LogP contribution in [-0.4, -0.2) is 13.4 Å². The monoisotopic (exact) mass is 297 g/mol. The summed E-state index contributed by atoms with van der Waals surface area (Å²) in [5.74, 6) is 0. The molecule has 0 aliphatic rings. The molecule has 0 unspecified atom stereocenters. The summed E-state index contributed by atoms with van der Waals surface area (Å²) in [4.78, 5) is 4.02. The molecule has 0 saturated carbocycles. The quantitative estimate of drug-likeness (QED) is 0.673. The fourth-order valence-corrected chi connectivity index (χ4v) is 2.61. The molecule has 0 fully saturated rings. The topological polar surface area (TPSA) is 85.1 Å². The molecule has 1 aromatic carbocycles. The molecule has 19 heavy (non-hydrogen) atoms. The van der Waals surface area contributed by atoms with Crippen molar-refractivity contribution in [1.29, 1.82) is 0 Å². The second-order valence-corrected chi connectivity index (χ2v) is 6.05. The average molecular weight is 298 g/mol. The number of hydrogen-bond acceptors (Lipinski definition) is 4. The number of aryl methyl sites for hydroxylation is 1. The third-order valence-corrected chi connectivity index (χ3v) is 4.25. The normalized spacial score (nSPS) is 11.3. The van der Waals surface area contributed by atoms with E-state index in [9.17, 15) is 8.42 Å². The van der Waals surface area contributed by atoms with Crippen molar-refractivity contribution in [3.63, 3.8) is 0 Å². The van der Waals surface area contributed by atoms with Crippen LogP contribution in [0.5, 0.6) is 0 Å². The van der Waals surface area contributed by atoms with Crippen molar-refractivity contribution in [3.8, 4) is 0 Å². The predicted molar refractivity (Wildman–Crippen MR) is 75.6 cm³/mol. The third-order valence-electron chi connectivity index (χ3n) is 2.46. The highest BCUT2D eigenvalue weighted by Gasteiger charge is 2.14. The highest BCUT2D eigenvalue weighted by molar-refractivity contribution is 7.92. The molecule has 7 heteroatoms. The number of rotatable bonds is 3. The van der Waals surface area contributed by atoms with Crippen molar-refractivity contribution < 1.29 is 8.42 Å². The number of aromatic nitrogens is 1. The smallest absolute Gasteiger partial charge is 0.261 e. The number of sulfonamides is 1. The molecular weight excluding hydrogens is 286 g/mol. The number of pyridine rings is 1. The second kappa shape index (κ2) is 5.07. The molecule has 0 aliphatic carbocycles. The van der Waals surface area contributed by atoms with E-state index in [4.69, 9.17) is 17.3 Å². The van der Waals surface area contributed by atoms with Crippen molar-refractivity contribution in [2.45, 2.75) is 11.8 Å². The molecule has 0 aliphatic heterocycles. The Labute approximate surface area is 116 Å². The zero-order valence-corrected chi connectivity index (χ0v) is 11.7. The zero-order chi connectivity index (χ0) is 14.0. The van der Waals surface area contributed by atoms with Crippen molar-refractivity contribution in [2.24, 2.45) is 0 Å². The van der Waals surface area contributed by atoms with Crippen LogP contribution in [-0.2, 0) is 10.0 Å². The van der Waals surface area contributed by atoms with Gasteiger partial charge in [-0.3, -0.25) is 4.72 Å². The summed E-state index contributed by atoms with van der Waals surface area (Å²) in [5, 5.41) is 0.343. The van der Waals surface area contributed by atoms with Crippen LogP contribution < -0.4 is 10.5 Å². The van der Waals surface area contributed by atoms with Crippen molar-refractivity contribution in [1.82, 2.24) is 4.98 Å². The number of anilines is 2. The van der Waals surface area contributed by atoms with Gasteiger partial charge in [0.2, 0.25) is 0 Å². The molecule has 0 radical (unpaired) electrons. The molecule has 1 heterocycles. The summed E-state index contributed by atoms with van der Waals surface area (Å²) in [6, 6.07) is 7.55. The number of halogens is 1. The van der Waals surface area contributed by atoms with Crippen molar-refractivity contribution >= 4 is 33.0 Å². The molecular formula is C12H12ClN3O2S. The van der Waals surface area contributed by atoms with E-state index in [-0.39, 0.29) is 4.90 Å². The Morgan fingerprint density at radius 1 is 1.26 bits per heavy atom. The Morgan fingerprint density at radius 2 is 1.89 bits per heavy atom. The summed E-state index contributed by atoms with van der Waals surface area (Å²) in [7, 11) is -3.65. The predicted octanol–water partition coefficient (Wildman–Crippen LogP) is 2.43. The molecule has 0 amide bonds. The lowest BCUT2D eigenvalue weighted by Gasteiger charge is -2.09. The van der Waals surface area contributed by atoms with Gasteiger partial charge >= 0.3 is 0 Å². The Hall–Kier alpha value is -1.79. The Morgan fingerprint density at radius 3 is 2.47 bits per heavy atom. The van der Waals surface area contributed by atoms with Crippen LogP contribution in [0.4, 0.5) is 11.4 Å². The van der Waals surface area contributed by atoms with E-state index in [1.165, 1.54) is 30.5 Å². The second-order valence-electron chi connectivity index (χ2n) is 4.01. The van der Waals surface area contributed by atoms with Crippen molar-refractivity contribution in [2.75, 3.05) is 10.5 Å². The molecule has 0 saturated heterocycles. The molecule has 0 atom stereocenters. The number of nitrogens with one attached hydrogen (secondary N) is 1. The number of benzene rings is 1. The highest BCUT2D eigenvalue weighted by atomic mass is 35.5. The first-order valence-corrected chi connectivity index (χ1v) is 7.25. The first-order valence-electron chi connectivity index (χ1n) is 5.39. The molecule has 5 nitrogen and oxygen atoms in total. The lowest BCUT2D eigenvalue weighted by Crippen LogP contribution is -2.13. The van der Waals surface area contributed by atoms with Gasteiger partial charge in [-0.1, -0.05) is 11.6 Å². The van der Waals surface area contributed by atoms with Crippen LogP contribution in [0.25, 0.3) is 0 Å². The Kier molecular flexibility index (Phi) is 3.64. The zero-order valence-electron chi connectivity index (χ0n) is 10.1. The lowest BCUT2D eigenvalue weighted by atomic mass is 10.3. The van der Waals surface area contributed by atoms with E-state index in [0.717, 1.165) is 0 Å². The molecule has 2 aromatic rings. The molecule has 0 bridgehead atoms. The molecule has 3 N–H and O–H groups in total.